The van der Waals surface area contributed by atoms with Gasteiger partial charge in [-0.15, -0.1) is 0 Å². The molecule has 1 atom stereocenters. The van der Waals surface area contributed by atoms with Gasteiger partial charge in [-0.2, -0.15) is 0 Å². The Morgan fingerprint density at radius 3 is 2.48 bits per heavy atom. The summed E-state index contributed by atoms with van der Waals surface area (Å²) in [5.74, 6) is 0.269. The summed E-state index contributed by atoms with van der Waals surface area (Å²) in [6, 6.07) is 25.2. The Bertz CT molecular complexity index is 1250. The minimum Gasteiger partial charge on any atom is -0.467 e. The van der Waals surface area contributed by atoms with Gasteiger partial charge >= 0.3 is 0 Å². The SMILES string of the molecule is CC(NCC(=O)N(C)c1ccccc1C(=O)NCc1ccco1)c1ccc2ccccc2c1. The van der Waals surface area contributed by atoms with Crippen molar-refractivity contribution in [2.75, 3.05) is 18.5 Å². The number of benzene rings is 3. The monoisotopic (exact) mass is 441 g/mol. The molecule has 0 aliphatic carbocycles. The molecule has 0 bridgehead atoms. The number of carbonyl (C=O) groups excluding carboxylic acids is 2. The van der Waals surface area contributed by atoms with Crippen LogP contribution < -0.4 is 15.5 Å². The van der Waals surface area contributed by atoms with Crippen LogP contribution in [0.3, 0.4) is 0 Å². The Morgan fingerprint density at radius 1 is 0.939 bits per heavy atom. The van der Waals surface area contributed by atoms with Gasteiger partial charge in [-0.25, -0.2) is 0 Å². The largest absolute Gasteiger partial charge is 0.467 e. The van der Waals surface area contributed by atoms with E-state index in [-0.39, 0.29) is 30.9 Å². The fourth-order valence-corrected chi connectivity index (χ4v) is 3.72. The number of fused-ring (bicyclic) bond motifs is 1. The van der Waals surface area contributed by atoms with Crippen molar-refractivity contribution in [3.05, 3.63) is 102 Å². The second kappa shape index (κ2) is 10.1. The minimum atomic E-state index is -0.265. The molecule has 2 N–H and O–H groups in total. The molecule has 6 heteroatoms. The quantitative estimate of drug-likeness (QED) is 0.417. The number of rotatable bonds is 8. The summed E-state index contributed by atoms with van der Waals surface area (Å²) in [6.07, 6.45) is 1.56. The number of amides is 2. The number of nitrogens with one attached hydrogen (secondary N) is 2. The van der Waals surface area contributed by atoms with Gasteiger partial charge in [0.15, 0.2) is 0 Å². The van der Waals surface area contributed by atoms with Crippen LogP contribution in [0.25, 0.3) is 10.8 Å². The Balaban J connectivity index is 1.39. The predicted molar refractivity (Wildman–Crippen MR) is 130 cm³/mol. The van der Waals surface area contributed by atoms with Gasteiger partial charge in [0.1, 0.15) is 5.76 Å². The maximum Gasteiger partial charge on any atom is 0.253 e. The zero-order valence-electron chi connectivity index (χ0n) is 18.7. The molecular formula is C27H27N3O3. The van der Waals surface area contributed by atoms with Crippen molar-refractivity contribution in [2.24, 2.45) is 0 Å². The molecule has 4 rings (SSSR count). The number of hydrogen-bond acceptors (Lipinski definition) is 4. The first-order chi connectivity index (χ1) is 16.0. The van der Waals surface area contributed by atoms with Crippen molar-refractivity contribution in [2.45, 2.75) is 19.5 Å². The average molecular weight is 442 g/mol. The molecule has 6 nitrogen and oxygen atoms in total. The number of nitrogens with zero attached hydrogens (tertiary/aromatic N) is 1. The number of likely N-dealkylation sites (N-methyl/N-ethyl adjacent to an activating group) is 1. The minimum absolute atomic E-state index is 0.00112. The van der Waals surface area contributed by atoms with Crippen LogP contribution >= 0.6 is 0 Å². The molecule has 0 aliphatic heterocycles. The third kappa shape index (κ3) is 5.30. The molecule has 0 aliphatic rings. The van der Waals surface area contributed by atoms with Gasteiger partial charge in [-0.3, -0.25) is 9.59 Å². The van der Waals surface area contributed by atoms with E-state index in [1.165, 1.54) is 15.7 Å². The molecule has 1 aromatic heterocycles. The van der Waals surface area contributed by atoms with Crippen LogP contribution in [-0.4, -0.2) is 25.4 Å². The lowest BCUT2D eigenvalue weighted by molar-refractivity contribution is -0.117. The van der Waals surface area contributed by atoms with Crippen LogP contribution in [-0.2, 0) is 11.3 Å². The third-order valence-electron chi connectivity index (χ3n) is 5.72. The zero-order chi connectivity index (χ0) is 23.2. The molecular weight excluding hydrogens is 414 g/mol. The Kier molecular flexibility index (Phi) is 6.86. The highest BCUT2D eigenvalue weighted by atomic mass is 16.3. The molecule has 33 heavy (non-hydrogen) atoms. The molecule has 3 aromatic carbocycles. The molecule has 168 valence electrons. The van der Waals surface area contributed by atoms with Gasteiger partial charge < -0.3 is 20.0 Å². The first-order valence-electron chi connectivity index (χ1n) is 10.9. The summed E-state index contributed by atoms with van der Waals surface area (Å²) in [5.41, 5.74) is 2.10. The number of furan rings is 1. The molecule has 0 fully saturated rings. The molecule has 0 spiro atoms. The van der Waals surface area contributed by atoms with Gasteiger partial charge in [0, 0.05) is 13.1 Å². The van der Waals surface area contributed by atoms with Gasteiger partial charge in [-0.1, -0.05) is 48.5 Å². The van der Waals surface area contributed by atoms with E-state index in [9.17, 15) is 9.59 Å². The Hall–Kier alpha value is -3.90. The molecule has 2 amide bonds. The van der Waals surface area contributed by atoms with Crippen molar-refractivity contribution in [3.63, 3.8) is 0 Å². The normalized spacial score (nSPS) is 11.8. The van der Waals surface area contributed by atoms with Crippen molar-refractivity contribution >= 4 is 28.3 Å². The van der Waals surface area contributed by atoms with E-state index < -0.39 is 0 Å². The average Bonchev–Trinajstić information content (AvgIpc) is 3.38. The Morgan fingerprint density at radius 2 is 1.70 bits per heavy atom. The van der Waals surface area contributed by atoms with Gasteiger partial charge in [0.2, 0.25) is 5.91 Å². The fraction of sp³-hybridized carbons (Fsp3) is 0.185. The lowest BCUT2D eigenvalue weighted by Crippen LogP contribution is -2.37. The first-order valence-corrected chi connectivity index (χ1v) is 10.9. The van der Waals surface area contributed by atoms with Crippen molar-refractivity contribution < 1.29 is 14.0 Å². The van der Waals surface area contributed by atoms with E-state index in [0.29, 0.717) is 17.0 Å². The summed E-state index contributed by atoms with van der Waals surface area (Å²) >= 11 is 0. The Labute approximate surface area is 193 Å². The van der Waals surface area contributed by atoms with Crippen LogP contribution in [0, 0.1) is 0 Å². The summed E-state index contributed by atoms with van der Waals surface area (Å²) in [5, 5.41) is 8.49. The maximum absolute atomic E-state index is 12.9. The number of anilines is 1. The van der Waals surface area contributed by atoms with Gasteiger partial charge in [-0.05, 0) is 53.6 Å². The standard InChI is InChI=1S/C27H27N3O3/c1-19(21-14-13-20-8-3-4-9-22(20)16-21)28-18-26(31)30(2)25-12-6-5-11-24(25)27(32)29-17-23-10-7-15-33-23/h3-16,19,28H,17-18H2,1-2H3,(H,29,32). The highest BCUT2D eigenvalue weighted by Gasteiger charge is 2.19. The summed E-state index contributed by atoms with van der Waals surface area (Å²) < 4.78 is 5.26. The zero-order valence-corrected chi connectivity index (χ0v) is 18.7. The predicted octanol–water partition coefficient (Wildman–Crippen LogP) is 4.68. The van der Waals surface area contributed by atoms with Crippen LogP contribution in [0.15, 0.2) is 89.5 Å². The summed E-state index contributed by atoms with van der Waals surface area (Å²) in [6.45, 7) is 2.46. The maximum atomic E-state index is 12.9. The molecule has 1 heterocycles. The van der Waals surface area contributed by atoms with Crippen molar-refractivity contribution in [3.8, 4) is 0 Å². The third-order valence-corrected chi connectivity index (χ3v) is 5.72. The molecule has 1 unspecified atom stereocenters. The van der Waals surface area contributed by atoms with Crippen LogP contribution in [0.1, 0.15) is 34.6 Å². The van der Waals surface area contributed by atoms with Crippen LogP contribution in [0.4, 0.5) is 5.69 Å². The molecule has 4 aromatic rings. The van der Waals surface area contributed by atoms with E-state index in [1.54, 1.807) is 43.6 Å². The number of carbonyl (C=O) groups is 2. The topological polar surface area (TPSA) is 74.6 Å². The van der Waals surface area contributed by atoms with Gasteiger partial charge in [0.05, 0.1) is 30.6 Å². The van der Waals surface area contributed by atoms with E-state index in [1.807, 2.05) is 25.1 Å². The number of hydrogen-bond donors (Lipinski definition) is 2. The second-order valence-corrected chi connectivity index (χ2v) is 7.94. The van der Waals surface area contributed by atoms with Crippen molar-refractivity contribution in [1.82, 2.24) is 10.6 Å². The molecule has 0 radical (unpaired) electrons. The van der Waals surface area contributed by atoms with E-state index in [0.717, 1.165) is 5.56 Å². The molecule has 0 saturated heterocycles. The molecule has 0 saturated carbocycles. The second-order valence-electron chi connectivity index (χ2n) is 7.94. The lowest BCUT2D eigenvalue weighted by Gasteiger charge is -2.22. The lowest BCUT2D eigenvalue weighted by atomic mass is 10.0. The van der Waals surface area contributed by atoms with Crippen LogP contribution in [0.2, 0.25) is 0 Å². The van der Waals surface area contributed by atoms with E-state index in [4.69, 9.17) is 4.42 Å². The van der Waals surface area contributed by atoms with Crippen LogP contribution in [0.5, 0.6) is 0 Å². The number of para-hydroxylation sites is 1. The summed E-state index contributed by atoms with van der Waals surface area (Å²) in [4.78, 5) is 27.2. The summed E-state index contributed by atoms with van der Waals surface area (Å²) in [7, 11) is 1.68. The van der Waals surface area contributed by atoms with Gasteiger partial charge in [0.25, 0.3) is 5.91 Å². The fourth-order valence-electron chi connectivity index (χ4n) is 3.72. The smallest absolute Gasteiger partial charge is 0.253 e. The van der Waals surface area contributed by atoms with E-state index >= 15 is 0 Å². The highest BCUT2D eigenvalue weighted by Crippen LogP contribution is 2.22. The highest BCUT2D eigenvalue weighted by molar-refractivity contribution is 6.05. The van der Waals surface area contributed by atoms with Crippen molar-refractivity contribution in [1.29, 1.82) is 0 Å². The first kappa shape index (κ1) is 22.3. The van der Waals surface area contributed by atoms with E-state index in [2.05, 4.69) is 41.0 Å².